The Hall–Kier alpha value is -1.46. The molecule has 0 N–H and O–H groups in total. The van der Waals surface area contributed by atoms with E-state index < -0.39 is 0 Å². The number of halogens is 2. The van der Waals surface area contributed by atoms with Gasteiger partial charge in [0.15, 0.2) is 0 Å². The molecule has 0 unspecified atom stereocenters. The van der Waals surface area contributed by atoms with Gasteiger partial charge in [-0.2, -0.15) is 0 Å². The highest BCUT2D eigenvalue weighted by molar-refractivity contribution is 9.10. The molecule has 21 heavy (non-hydrogen) atoms. The third-order valence-corrected chi connectivity index (χ3v) is 4.10. The Morgan fingerprint density at radius 2 is 2.24 bits per heavy atom. The van der Waals surface area contributed by atoms with E-state index in [0.717, 1.165) is 22.9 Å². The Morgan fingerprint density at radius 1 is 1.43 bits per heavy atom. The molecular weight excluding hydrogens is 354 g/mol. The summed E-state index contributed by atoms with van der Waals surface area (Å²) in [5, 5.41) is 0.236. The highest BCUT2D eigenvalue weighted by Gasteiger charge is 2.34. The first-order valence-electron chi connectivity index (χ1n) is 6.66. The second-order valence-corrected chi connectivity index (χ2v) is 6.29. The number of nitrogens with zero attached hydrogens (tertiary/aromatic N) is 3. The normalized spacial score (nSPS) is 14.0. The maximum atomic E-state index is 12.8. The zero-order valence-electron chi connectivity index (χ0n) is 11.2. The van der Waals surface area contributed by atoms with Crippen LogP contribution in [0.2, 0.25) is 5.15 Å². The first kappa shape index (κ1) is 14.5. The summed E-state index contributed by atoms with van der Waals surface area (Å²) in [5.74, 6) is -0.0832. The SMILES string of the molecule is O=C(c1cc(Br)cnc1Cl)N(Cc1cccnc1)C1CC1. The molecule has 0 aliphatic heterocycles. The molecule has 2 heterocycles. The van der Waals surface area contributed by atoms with Gasteiger partial charge >= 0.3 is 0 Å². The van der Waals surface area contributed by atoms with Crippen LogP contribution in [-0.2, 0) is 6.54 Å². The van der Waals surface area contributed by atoms with Crippen LogP contribution in [0.1, 0.15) is 28.8 Å². The molecule has 108 valence electrons. The smallest absolute Gasteiger partial charge is 0.257 e. The third kappa shape index (κ3) is 3.41. The van der Waals surface area contributed by atoms with E-state index in [1.165, 1.54) is 0 Å². The molecule has 1 amide bonds. The molecule has 0 radical (unpaired) electrons. The van der Waals surface area contributed by atoms with Crippen molar-refractivity contribution in [3.63, 3.8) is 0 Å². The zero-order valence-corrected chi connectivity index (χ0v) is 13.5. The highest BCUT2D eigenvalue weighted by atomic mass is 79.9. The molecule has 0 atom stereocenters. The molecule has 0 spiro atoms. The predicted molar refractivity (Wildman–Crippen MR) is 84.1 cm³/mol. The van der Waals surface area contributed by atoms with Gasteiger partial charge in [0.05, 0.1) is 5.56 Å². The van der Waals surface area contributed by atoms with Gasteiger partial charge < -0.3 is 4.90 Å². The molecule has 4 nitrogen and oxygen atoms in total. The second-order valence-electron chi connectivity index (χ2n) is 5.02. The summed E-state index contributed by atoms with van der Waals surface area (Å²) in [6.07, 6.45) is 7.16. The fourth-order valence-corrected chi connectivity index (χ4v) is 2.68. The lowest BCUT2D eigenvalue weighted by atomic mass is 10.2. The number of hydrogen-bond donors (Lipinski definition) is 0. The quantitative estimate of drug-likeness (QED) is 0.775. The van der Waals surface area contributed by atoms with Gasteiger partial charge in [-0.1, -0.05) is 17.7 Å². The second kappa shape index (κ2) is 6.12. The summed E-state index contributed by atoms with van der Waals surface area (Å²) in [5.41, 5.74) is 1.44. The van der Waals surface area contributed by atoms with Crippen LogP contribution in [0.5, 0.6) is 0 Å². The first-order valence-corrected chi connectivity index (χ1v) is 7.83. The van der Waals surface area contributed by atoms with Crippen LogP contribution in [0.3, 0.4) is 0 Å². The summed E-state index contributed by atoms with van der Waals surface area (Å²) in [7, 11) is 0. The van der Waals surface area contributed by atoms with Gasteiger partial charge in [0.1, 0.15) is 5.15 Å². The van der Waals surface area contributed by atoms with Gasteiger partial charge in [0.25, 0.3) is 5.91 Å². The number of carbonyl (C=O) groups excluding carboxylic acids is 1. The molecule has 1 aliphatic carbocycles. The molecule has 1 aliphatic rings. The predicted octanol–water partition coefficient (Wildman–Crippen LogP) is 3.70. The first-order chi connectivity index (χ1) is 10.1. The molecule has 1 fully saturated rings. The van der Waals surface area contributed by atoms with Crippen LogP contribution in [0, 0.1) is 0 Å². The Morgan fingerprint density at radius 3 is 2.90 bits per heavy atom. The van der Waals surface area contributed by atoms with Crippen LogP contribution >= 0.6 is 27.5 Å². The Balaban J connectivity index is 1.87. The molecule has 2 aromatic heterocycles. The summed E-state index contributed by atoms with van der Waals surface area (Å²) >= 11 is 9.40. The van der Waals surface area contributed by atoms with Crippen LogP contribution in [0.15, 0.2) is 41.3 Å². The molecule has 0 aromatic carbocycles. The molecule has 0 saturated heterocycles. The van der Waals surface area contributed by atoms with Crippen LogP contribution in [0.4, 0.5) is 0 Å². The summed E-state index contributed by atoms with van der Waals surface area (Å²) in [6.45, 7) is 0.542. The molecular formula is C15H13BrClN3O. The summed E-state index contributed by atoms with van der Waals surface area (Å²) < 4.78 is 0.743. The molecule has 3 rings (SSSR count). The van der Waals surface area contributed by atoms with Gasteiger partial charge in [-0.15, -0.1) is 0 Å². The van der Waals surface area contributed by atoms with E-state index in [9.17, 15) is 4.79 Å². The van der Waals surface area contributed by atoms with Gasteiger partial charge in [-0.05, 0) is 46.5 Å². The zero-order chi connectivity index (χ0) is 14.8. The van der Waals surface area contributed by atoms with Crippen molar-refractivity contribution in [2.24, 2.45) is 0 Å². The maximum Gasteiger partial charge on any atom is 0.257 e. The van der Waals surface area contributed by atoms with E-state index >= 15 is 0 Å². The maximum absolute atomic E-state index is 12.8. The van der Waals surface area contributed by atoms with Gasteiger partial charge in [0, 0.05) is 35.6 Å². The summed E-state index contributed by atoms with van der Waals surface area (Å²) in [4.78, 5) is 22.7. The average molecular weight is 367 g/mol. The number of amides is 1. The topological polar surface area (TPSA) is 46.1 Å². The van der Waals surface area contributed by atoms with Crippen molar-refractivity contribution >= 4 is 33.4 Å². The van der Waals surface area contributed by atoms with E-state index in [2.05, 4.69) is 25.9 Å². The van der Waals surface area contributed by atoms with Crippen LogP contribution < -0.4 is 0 Å². The minimum absolute atomic E-state index is 0.0832. The average Bonchev–Trinajstić information content (AvgIpc) is 3.32. The largest absolute Gasteiger partial charge is 0.331 e. The lowest BCUT2D eigenvalue weighted by Gasteiger charge is -2.23. The van der Waals surface area contributed by atoms with Crippen molar-refractivity contribution in [1.82, 2.24) is 14.9 Å². The van der Waals surface area contributed by atoms with E-state index in [4.69, 9.17) is 11.6 Å². The van der Waals surface area contributed by atoms with Gasteiger partial charge in [-0.3, -0.25) is 9.78 Å². The Bertz CT molecular complexity index is 661. The lowest BCUT2D eigenvalue weighted by Crippen LogP contribution is -2.33. The number of carbonyl (C=O) groups is 1. The Kier molecular flexibility index (Phi) is 4.22. The fourth-order valence-electron chi connectivity index (χ4n) is 2.17. The summed E-state index contributed by atoms with van der Waals surface area (Å²) in [6, 6.07) is 5.85. The van der Waals surface area contributed by atoms with Crippen LogP contribution in [-0.4, -0.2) is 26.8 Å². The molecule has 1 saturated carbocycles. The van der Waals surface area contributed by atoms with E-state index in [1.807, 2.05) is 17.0 Å². The van der Waals surface area contributed by atoms with Crippen molar-refractivity contribution < 1.29 is 4.79 Å². The van der Waals surface area contributed by atoms with E-state index in [-0.39, 0.29) is 17.1 Å². The van der Waals surface area contributed by atoms with E-state index in [0.29, 0.717) is 12.1 Å². The standard InChI is InChI=1S/C15H13BrClN3O/c16-11-6-13(14(17)19-8-11)15(21)20(12-3-4-12)9-10-2-1-5-18-7-10/h1-2,5-8,12H,3-4,9H2. The number of pyridine rings is 2. The van der Waals surface area contributed by atoms with Crippen molar-refractivity contribution in [3.05, 3.63) is 57.5 Å². The van der Waals surface area contributed by atoms with Crippen LogP contribution in [0.25, 0.3) is 0 Å². The number of aromatic nitrogens is 2. The number of hydrogen-bond acceptors (Lipinski definition) is 3. The Labute approximate surface area is 136 Å². The van der Waals surface area contributed by atoms with Gasteiger partial charge in [-0.25, -0.2) is 4.98 Å². The van der Waals surface area contributed by atoms with Crippen molar-refractivity contribution in [3.8, 4) is 0 Å². The fraction of sp³-hybridized carbons (Fsp3) is 0.267. The van der Waals surface area contributed by atoms with Gasteiger partial charge in [0.2, 0.25) is 0 Å². The number of rotatable bonds is 4. The van der Waals surface area contributed by atoms with Crippen molar-refractivity contribution in [2.75, 3.05) is 0 Å². The minimum atomic E-state index is -0.0832. The van der Waals surface area contributed by atoms with Crippen molar-refractivity contribution in [1.29, 1.82) is 0 Å². The van der Waals surface area contributed by atoms with E-state index in [1.54, 1.807) is 24.7 Å². The molecule has 0 bridgehead atoms. The molecule has 6 heteroatoms. The molecule has 2 aromatic rings. The highest BCUT2D eigenvalue weighted by Crippen LogP contribution is 2.31. The van der Waals surface area contributed by atoms with Crippen molar-refractivity contribution in [2.45, 2.75) is 25.4 Å². The minimum Gasteiger partial charge on any atom is -0.331 e. The monoisotopic (exact) mass is 365 g/mol. The third-order valence-electron chi connectivity index (χ3n) is 3.36. The lowest BCUT2D eigenvalue weighted by molar-refractivity contribution is 0.0729.